The Hall–Kier alpha value is -2.10. The number of anilines is 1. The molecule has 1 heterocycles. The second-order valence-electron chi connectivity index (χ2n) is 4.56. The predicted octanol–water partition coefficient (Wildman–Crippen LogP) is 3.44. The topological polar surface area (TPSA) is 47.0 Å². The first kappa shape index (κ1) is 14.3. The number of hydrogen-bond acceptors (Lipinski definition) is 4. The summed E-state index contributed by atoms with van der Waals surface area (Å²) < 4.78 is 5.76. The Labute approximate surface area is 120 Å². The molecule has 0 saturated heterocycles. The summed E-state index contributed by atoms with van der Waals surface area (Å²) in [5.41, 5.74) is 1.13. The summed E-state index contributed by atoms with van der Waals surface area (Å²) in [7, 11) is 0. The van der Waals surface area contributed by atoms with Gasteiger partial charge in [0, 0.05) is 19.0 Å². The number of rotatable bonds is 7. The molecule has 4 heteroatoms. The summed E-state index contributed by atoms with van der Waals surface area (Å²) >= 11 is 0. The van der Waals surface area contributed by atoms with E-state index in [1.54, 1.807) is 0 Å². The highest BCUT2D eigenvalue weighted by molar-refractivity contribution is 5.38. The smallest absolute Gasteiger partial charge is 0.219 e. The van der Waals surface area contributed by atoms with Crippen LogP contribution in [0.1, 0.15) is 31.7 Å². The summed E-state index contributed by atoms with van der Waals surface area (Å²) in [6.45, 7) is 5.59. The molecular formula is C16H21N3O. The van der Waals surface area contributed by atoms with Gasteiger partial charge in [-0.05, 0) is 12.0 Å². The molecule has 2 rings (SSSR count). The lowest BCUT2D eigenvalue weighted by Crippen LogP contribution is -2.07. The summed E-state index contributed by atoms with van der Waals surface area (Å²) in [6, 6.07) is 11.9. The number of ether oxygens (including phenoxy) is 1. The van der Waals surface area contributed by atoms with Gasteiger partial charge in [-0.3, -0.25) is 0 Å². The van der Waals surface area contributed by atoms with Crippen molar-refractivity contribution >= 4 is 5.82 Å². The second kappa shape index (κ2) is 7.48. The van der Waals surface area contributed by atoms with Gasteiger partial charge in [0.15, 0.2) is 0 Å². The summed E-state index contributed by atoms with van der Waals surface area (Å²) in [6.07, 6.45) is 1.86. The monoisotopic (exact) mass is 271 g/mol. The van der Waals surface area contributed by atoms with Crippen molar-refractivity contribution in [2.24, 2.45) is 0 Å². The highest BCUT2D eigenvalue weighted by Crippen LogP contribution is 2.15. The average molecular weight is 271 g/mol. The molecule has 0 saturated carbocycles. The average Bonchev–Trinajstić information content (AvgIpc) is 2.51. The van der Waals surface area contributed by atoms with Crippen LogP contribution >= 0.6 is 0 Å². The Morgan fingerprint density at radius 2 is 1.90 bits per heavy atom. The van der Waals surface area contributed by atoms with Crippen LogP contribution in [0, 0.1) is 0 Å². The SMILES string of the molecule is CCCNc1cc(OCc2ccccc2)nc(CC)n1. The van der Waals surface area contributed by atoms with Crippen LogP contribution in [0.4, 0.5) is 5.82 Å². The van der Waals surface area contributed by atoms with Crippen LogP contribution in [0.5, 0.6) is 5.88 Å². The molecule has 0 unspecified atom stereocenters. The Kier molecular flexibility index (Phi) is 5.35. The number of nitrogens with one attached hydrogen (secondary N) is 1. The highest BCUT2D eigenvalue weighted by atomic mass is 16.5. The van der Waals surface area contributed by atoms with Gasteiger partial charge in [-0.15, -0.1) is 0 Å². The Morgan fingerprint density at radius 3 is 2.60 bits per heavy atom. The summed E-state index contributed by atoms with van der Waals surface area (Å²) in [4.78, 5) is 8.84. The van der Waals surface area contributed by atoms with Crippen molar-refractivity contribution in [3.05, 3.63) is 47.8 Å². The fourth-order valence-corrected chi connectivity index (χ4v) is 1.78. The lowest BCUT2D eigenvalue weighted by atomic mass is 10.2. The highest BCUT2D eigenvalue weighted by Gasteiger charge is 2.04. The third-order valence-corrected chi connectivity index (χ3v) is 2.85. The van der Waals surface area contributed by atoms with Crippen molar-refractivity contribution in [2.45, 2.75) is 33.3 Å². The van der Waals surface area contributed by atoms with Crippen molar-refractivity contribution in [1.29, 1.82) is 0 Å². The Balaban J connectivity index is 2.06. The van der Waals surface area contributed by atoms with Gasteiger partial charge in [-0.25, -0.2) is 4.98 Å². The first-order valence-electron chi connectivity index (χ1n) is 7.10. The molecule has 0 atom stereocenters. The zero-order valence-corrected chi connectivity index (χ0v) is 12.1. The fraction of sp³-hybridized carbons (Fsp3) is 0.375. The van der Waals surface area contributed by atoms with Gasteiger partial charge in [0.05, 0.1) is 0 Å². The van der Waals surface area contributed by atoms with E-state index >= 15 is 0 Å². The maximum absolute atomic E-state index is 5.76. The van der Waals surface area contributed by atoms with E-state index in [9.17, 15) is 0 Å². The first-order chi connectivity index (χ1) is 9.81. The molecular weight excluding hydrogens is 250 g/mol. The second-order valence-corrected chi connectivity index (χ2v) is 4.56. The molecule has 1 aromatic carbocycles. The molecule has 0 spiro atoms. The molecule has 20 heavy (non-hydrogen) atoms. The molecule has 0 amide bonds. The van der Waals surface area contributed by atoms with Crippen LogP contribution in [0.25, 0.3) is 0 Å². The third kappa shape index (κ3) is 4.23. The maximum atomic E-state index is 5.76. The van der Waals surface area contributed by atoms with Crippen LogP contribution in [-0.4, -0.2) is 16.5 Å². The van der Waals surface area contributed by atoms with Gasteiger partial charge in [0.1, 0.15) is 18.2 Å². The number of benzene rings is 1. The van der Waals surface area contributed by atoms with Crippen LogP contribution < -0.4 is 10.1 Å². The zero-order chi connectivity index (χ0) is 14.2. The lowest BCUT2D eigenvalue weighted by molar-refractivity contribution is 0.292. The molecule has 1 N–H and O–H groups in total. The van der Waals surface area contributed by atoms with E-state index in [1.807, 2.05) is 43.3 Å². The minimum Gasteiger partial charge on any atom is -0.473 e. The van der Waals surface area contributed by atoms with E-state index in [1.165, 1.54) is 0 Å². The van der Waals surface area contributed by atoms with Crippen LogP contribution in [0.15, 0.2) is 36.4 Å². The normalized spacial score (nSPS) is 10.3. The Morgan fingerprint density at radius 1 is 1.10 bits per heavy atom. The van der Waals surface area contributed by atoms with E-state index in [4.69, 9.17) is 4.74 Å². The minimum absolute atomic E-state index is 0.522. The minimum atomic E-state index is 0.522. The quantitative estimate of drug-likeness (QED) is 0.838. The molecule has 1 aromatic heterocycles. The third-order valence-electron chi connectivity index (χ3n) is 2.85. The van der Waals surface area contributed by atoms with Gasteiger partial charge in [-0.1, -0.05) is 44.2 Å². The van der Waals surface area contributed by atoms with Crippen LogP contribution in [0.2, 0.25) is 0 Å². The molecule has 0 radical (unpaired) electrons. The molecule has 0 bridgehead atoms. The van der Waals surface area contributed by atoms with Crippen molar-refractivity contribution in [3.63, 3.8) is 0 Å². The van der Waals surface area contributed by atoms with E-state index < -0.39 is 0 Å². The number of hydrogen-bond donors (Lipinski definition) is 1. The molecule has 4 nitrogen and oxygen atoms in total. The van der Waals surface area contributed by atoms with Crippen molar-refractivity contribution < 1.29 is 4.74 Å². The van der Waals surface area contributed by atoms with Crippen molar-refractivity contribution in [2.75, 3.05) is 11.9 Å². The summed E-state index contributed by atoms with van der Waals surface area (Å²) in [5.74, 6) is 2.26. The van der Waals surface area contributed by atoms with Crippen molar-refractivity contribution in [1.82, 2.24) is 9.97 Å². The first-order valence-corrected chi connectivity index (χ1v) is 7.10. The van der Waals surface area contributed by atoms with Crippen molar-refractivity contribution in [3.8, 4) is 5.88 Å². The van der Waals surface area contributed by atoms with E-state index in [-0.39, 0.29) is 0 Å². The maximum Gasteiger partial charge on any atom is 0.219 e. The molecule has 2 aromatic rings. The Bertz CT molecular complexity index is 529. The zero-order valence-electron chi connectivity index (χ0n) is 12.1. The van der Waals surface area contributed by atoms with Gasteiger partial charge in [-0.2, -0.15) is 4.98 Å². The van der Waals surface area contributed by atoms with Crippen LogP contribution in [-0.2, 0) is 13.0 Å². The standard InChI is InChI=1S/C16H21N3O/c1-3-10-17-15-11-16(19-14(4-2)18-15)20-12-13-8-6-5-7-9-13/h5-9,11H,3-4,10,12H2,1-2H3,(H,17,18,19). The van der Waals surface area contributed by atoms with Gasteiger partial charge in [0.25, 0.3) is 0 Å². The van der Waals surface area contributed by atoms with Gasteiger partial charge in [0.2, 0.25) is 5.88 Å². The summed E-state index contributed by atoms with van der Waals surface area (Å²) in [5, 5.41) is 3.28. The van der Waals surface area contributed by atoms with E-state index in [2.05, 4.69) is 22.2 Å². The fourth-order valence-electron chi connectivity index (χ4n) is 1.78. The van der Waals surface area contributed by atoms with E-state index in [0.29, 0.717) is 12.5 Å². The van der Waals surface area contributed by atoms with E-state index in [0.717, 1.165) is 36.6 Å². The molecule has 0 aliphatic carbocycles. The molecule has 0 fully saturated rings. The molecule has 106 valence electrons. The molecule has 0 aliphatic heterocycles. The van der Waals surface area contributed by atoms with Crippen LogP contribution in [0.3, 0.4) is 0 Å². The van der Waals surface area contributed by atoms with Gasteiger partial charge < -0.3 is 10.1 Å². The largest absolute Gasteiger partial charge is 0.473 e. The predicted molar refractivity (Wildman–Crippen MR) is 81.0 cm³/mol. The number of aromatic nitrogens is 2. The number of nitrogens with zero attached hydrogens (tertiary/aromatic N) is 2. The van der Waals surface area contributed by atoms with Gasteiger partial charge >= 0.3 is 0 Å². The lowest BCUT2D eigenvalue weighted by Gasteiger charge is -2.10. The molecule has 0 aliphatic rings. The number of aryl methyl sites for hydroxylation is 1.